The molecule has 5 rings (SSSR count). The van der Waals surface area contributed by atoms with Crippen LogP contribution < -0.4 is 14.8 Å². The number of para-hydroxylation sites is 1. The van der Waals surface area contributed by atoms with Crippen LogP contribution in [0.1, 0.15) is 18.9 Å². The molecule has 0 spiro atoms. The van der Waals surface area contributed by atoms with E-state index < -0.39 is 6.04 Å². The Kier molecular flexibility index (Phi) is 4.08. The summed E-state index contributed by atoms with van der Waals surface area (Å²) in [6.45, 7) is 2.00. The fourth-order valence-electron chi connectivity index (χ4n) is 3.08. The summed E-state index contributed by atoms with van der Waals surface area (Å²) in [5.74, 6) is 1.78. The van der Waals surface area contributed by atoms with Crippen molar-refractivity contribution < 1.29 is 18.8 Å². The number of carbonyl (C=O) groups excluding carboxylic acids is 1. The first kappa shape index (κ1) is 17.2. The van der Waals surface area contributed by atoms with Crippen LogP contribution in [0.5, 0.6) is 11.5 Å². The van der Waals surface area contributed by atoms with E-state index in [0.717, 1.165) is 16.6 Å². The van der Waals surface area contributed by atoms with Crippen LogP contribution in [0.4, 0.5) is 0 Å². The standard InChI is InChI=1S/C19H16N6O4/c1-11(20-17(26)9-25-14-5-3-2-4-13(14)22-24-25)19-21-18(23-29-19)12-6-7-15-16(8-12)28-10-27-15/h2-8,11H,9-10H2,1H3,(H,20,26)/t11-/m0/s1. The summed E-state index contributed by atoms with van der Waals surface area (Å²) in [6.07, 6.45) is 0. The van der Waals surface area contributed by atoms with Crippen LogP contribution in [0.3, 0.4) is 0 Å². The molecule has 10 nitrogen and oxygen atoms in total. The van der Waals surface area contributed by atoms with Gasteiger partial charge in [-0.05, 0) is 37.3 Å². The van der Waals surface area contributed by atoms with E-state index in [1.54, 1.807) is 23.7 Å². The first-order valence-corrected chi connectivity index (χ1v) is 8.98. The van der Waals surface area contributed by atoms with Gasteiger partial charge in [-0.2, -0.15) is 4.98 Å². The summed E-state index contributed by atoms with van der Waals surface area (Å²) >= 11 is 0. The third kappa shape index (κ3) is 3.24. The van der Waals surface area contributed by atoms with Gasteiger partial charge < -0.3 is 19.3 Å². The zero-order chi connectivity index (χ0) is 19.8. The van der Waals surface area contributed by atoms with E-state index in [2.05, 4.69) is 25.8 Å². The van der Waals surface area contributed by atoms with Gasteiger partial charge in [0, 0.05) is 5.56 Å². The maximum absolute atomic E-state index is 12.4. The SMILES string of the molecule is C[C@H](NC(=O)Cn1nnc2ccccc21)c1nc(-c2ccc3c(c2)OCO3)no1. The van der Waals surface area contributed by atoms with E-state index in [0.29, 0.717) is 23.2 Å². The van der Waals surface area contributed by atoms with E-state index >= 15 is 0 Å². The number of carbonyl (C=O) groups is 1. The molecule has 0 saturated carbocycles. The second-order valence-electron chi connectivity index (χ2n) is 6.55. The van der Waals surface area contributed by atoms with Crippen LogP contribution in [0, 0.1) is 0 Å². The summed E-state index contributed by atoms with van der Waals surface area (Å²) in [7, 11) is 0. The highest BCUT2D eigenvalue weighted by atomic mass is 16.7. The van der Waals surface area contributed by atoms with Gasteiger partial charge in [0.25, 0.3) is 0 Å². The molecule has 0 radical (unpaired) electrons. The Morgan fingerprint density at radius 2 is 2.07 bits per heavy atom. The molecule has 1 atom stereocenters. The van der Waals surface area contributed by atoms with Crippen molar-refractivity contribution in [1.82, 2.24) is 30.5 Å². The smallest absolute Gasteiger partial charge is 0.249 e. The Labute approximate surface area is 164 Å². The normalized spacial score (nSPS) is 13.6. The number of hydrogen-bond donors (Lipinski definition) is 1. The zero-order valence-electron chi connectivity index (χ0n) is 15.4. The van der Waals surface area contributed by atoms with Gasteiger partial charge >= 0.3 is 0 Å². The lowest BCUT2D eigenvalue weighted by atomic mass is 10.2. The molecule has 3 heterocycles. The van der Waals surface area contributed by atoms with Gasteiger partial charge in [0.1, 0.15) is 18.1 Å². The Morgan fingerprint density at radius 1 is 1.21 bits per heavy atom. The quantitative estimate of drug-likeness (QED) is 0.549. The van der Waals surface area contributed by atoms with Gasteiger partial charge in [-0.25, -0.2) is 4.68 Å². The summed E-state index contributed by atoms with van der Waals surface area (Å²) in [4.78, 5) is 16.8. The van der Waals surface area contributed by atoms with Gasteiger partial charge in [-0.15, -0.1) is 5.10 Å². The number of nitrogens with zero attached hydrogens (tertiary/aromatic N) is 5. The minimum absolute atomic E-state index is 0.0357. The molecule has 1 aliphatic heterocycles. The van der Waals surface area contributed by atoms with Crippen molar-refractivity contribution in [3.63, 3.8) is 0 Å². The summed E-state index contributed by atoms with van der Waals surface area (Å²) in [5.41, 5.74) is 2.26. The highest BCUT2D eigenvalue weighted by molar-refractivity contribution is 5.79. The lowest BCUT2D eigenvalue weighted by Crippen LogP contribution is -2.30. The molecule has 0 saturated heterocycles. The van der Waals surface area contributed by atoms with Crippen molar-refractivity contribution in [2.45, 2.75) is 19.5 Å². The van der Waals surface area contributed by atoms with E-state index in [-0.39, 0.29) is 19.2 Å². The predicted octanol–water partition coefficient (Wildman–Crippen LogP) is 2.09. The molecule has 0 unspecified atom stereocenters. The summed E-state index contributed by atoms with van der Waals surface area (Å²) < 4.78 is 17.5. The van der Waals surface area contributed by atoms with Crippen molar-refractivity contribution >= 4 is 16.9 Å². The second kappa shape index (κ2) is 6.89. The molecule has 0 bridgehead atoms. The van der Waals surface area contributed by atoms with E-state index in [1.165, 1.54) is 0 Å². The van der Waals surface area contributed by atoms with Crippen LogP contribution in [0.25, 0.3) is 22.4 Å². The largest absolute Gasteiger partial charge is 0.454 e. The van der Waals surface area contributed by atoms with Crippen molar-refractivity contribution in [3.8, 4) is 22.9 Å². The zero-order valence-corrected chi connectivity index (χ0v) is 15.4. The van der Waals surface area contributed by atoms with Crippen LogP contribution in [-0.4, -0.2) is 37.8 Å². The molecule has 2 aromatic carbocycles. The van der Waals surface area contributed by atoms with Gasteiger partial charge in [-0.1, -0.05) is 22.5 Å². The summed E-state index contributed by atoms with van der Waals surface area (Å²) in [6, 6.07) is 12.4. The van der Waals surface area contributed by atoms with Crippen LogP contribution in [0.2, 0.25) is 0 Å². The maximum Gasteiger partial charge on any atom is 0.249 e. The monoisotopic (exact) mass is 392 g/mol. The Morgan fingerprint density at radius 3 is 3.00 bits per heavy atom. The van der Waals surface area contributed by atoms with Crippen LogP contribution in [0.15, 0.2) is 47.0 Å². The Bertz CT molecular complexity index is 1200. The minimum atomic E-state index is -0.465. The number of rotatable bonds is 5. The second-order valence-corrected chi connectivity index (χ2v) is 6.55. The topological polar surface area (TPSA) is 117 Å². The third-order valence-electron chi connectivity index (χ3n) is 4.53. The predicted molar refractivity (Wildman–Crippen MR) is 99.9 cm³/mol. The van der Waals surface area contributed by atoms with E-state index in [1.807, 2.05) is 30.3 Å². The van der Waals surface area contributed by atoms with Crippen molar-refractivity contribution in [2.75, 3.05) is 6.79 Å². The average Bonchev–Trinajstić information content (AvgIpc) is 3.47. The number of hydrogen-bond acceptors (Lipinski definition) is 8. The van der Waals surface area contributed by atoms with Crippen molar-refractivity contribution in [2.24, 2.45) is 0 Å². The molecule has 29 heavy (non-hydrogen) atoms. The first-order chi connectivity index (χ1) is 14.2. The number of amides is 1. The molecular weight excluding hydrogens is 376 g/mol. The number of aromatic nitrogens is 5. The minimum Gasteiger partial charge on any atom is -0.454 e. The molecular formula is C19H16N6O4. The Balaban J connectivity index is 1.27. The van der Waals surface area contributed by atoms with Crippen molar-refractivity contribution in [1.29, 1.82) is 0 Å². The highest BCUT2D eigenvalue weighted by Crippen LogP contribution is 2.35. The lowest BCUT2D eigenvalue weighted by molar-refractivity contribution is -0.122. The third-order valence-corrected chi connectivity index (χ3v) is 4.53. The molecule has 1 N–H and O–H groups in total. The fourth-order valence-corrected chi connectivity index (χ4v) is 3.08. The van der Waals surface area contributed by atoms with E-state index in [9.17, 15) is 4.79 Å². The molecule has 1 amide bonds. The Hall–Kier alpha value is -3.95. The van der Waals surface area contributed by atoms with Gasteiger partial charge in [0.2, 0.25) is 24.4 Å². The molecule has 2 aromatic heterocycles. The maximum atomic E-state index is 12.4. The molecule has 1 aliphatic rings. The average molecular weight is 392 g/mol. The van der Waals surface area contributed by atoms with Gasteiger partial charge in [0.15, 0.2) is 11.5 Å². The van der Waals surface area contributed by atoms with Gasteiger partial charge in [0.05, 0.1) is 5.52 Å². The number of ether oxygens (including phenoxy) is 2. The molecule has 4 aromatic rings. The highest BCUT2D eigenvalue weighted by Gasteiger charge is 2.20. The van der Waals surface area contributed by atoms with Gasteiger partial charge in [-0.3, -0.25) is 4.79 Å². The molecule has 0 aliphatic carbocycles. The number of fused-ring (bicyclic) bond motifs is 2. The number of nitrogens with one attached hydrogen (secondary N) is 1. The summed E-state index contributed by atoms with van der Waals surface area (Å²) in [5, 5.41) is 14.9. The molecule has 10 heteroatoms. The first-order valence-electron chi connectivity index (χ1n) is 8.98. The number of benzene rings is 2. The molecule has 0 fully saturated rings. The van der Waals surface area contributed by atoms with E-state index in [4.69, 9.17) is 14.0 Å². The fraction of sp³-hybridized carbons (Fsp3) is 0.211. The van der Waals surface area contributed by atoms with Crippen molar-refractivity contribution in [3.05, 3.63) is 48.4 Å². The lowest BCUT2D eigenvalue weighted by Gasteiger charge is -2.09. The van der Waals surface area contributed by atoms with Crippen LogP contribution >= 0.6 is 0 Å². The molecule has 146 valence electrons. The van der Waals surface area contributed by atoms with Crippen LogP contribution in [-0.2, 0) is 11.3 Å².